The van der Waals surface area contributed by atoms with Crippen molar-refractivity contribution in [1.29, 1.82) is 0 Å². The molecular formula is C16H22N2O3. The van der Waals surface area contributed by atoms with E-state index in [9.17, 15) is 0 Å². The van der Waals surface area contributed by atoms with Crippen molar-refractivity contribution in [3.05, 3.63) is 41.6 Å². The number of rotatable bonds is 6. The maximum Gasteiger partial charge on any atom is 0.219 e. The second kappa shape index (κ2) is 6.72. The fourth-order valence-corrected chi connectivity index (χ4v) is 1.89. The van der Waals surface area contributed by atoms with Crippen LogP contribution in [0.15, 0.2) is 28.7 Å². The minimum absolute atomic E-state index is 0.0116. The third-order valence-electron chi connectivity index (χ3n) is 3.12. The Kier molecular flexibility index (Phi) is 4.96. The molecular weight excluding hydrogens is 268 g/mol. The van der Waals surface area contributed by atoms with Crippen LogP contribution in [-0.4, -0.2) is 28.5 Å². The molecule has 0 spiro atoms. The molecule has 0 aliphatic heterocycles. The lowest BCUT2D eigenvalue weighted by molar-refractivity contribution is 0.278. The molecule has 114 valence electrons. The number of aliphatic hydroxyl groups excluding tert-OH is 1. The Bertz CT molecular complexity index is 573. The molecule has 1 heterocycles. The molecule has 0 fully saturated rings. The van der Waals surface area contributed by atoms with Crippen LogP contribution in [0.5, 0.6) is 5.75 Å². The molecule has 0 aliphatic rings. The van der Waals surface area contributed by atoms with E-state index in [0.717, 1.165) is 5.75 Å². The van der Waals surface area contributed by atoms with Crippen molar-refractivity contribution in [2.45, 2.75) is 39.0 Å². The van der Waals surface area contributed by atoms with Crippen molar-refractivity contribution in [2.24, 2.45) is 0 Å². The van der Waals surface area contributed by atoms with E-state index < -0.39 is 0 Å². The van der Waals surface area contributed by atoms with Crippen molar-refractivity contribution >= 4 is 0 Å². The number of benzene rings is 1. The highest BCUT2D eigenvalue weighted by Gasteiger charge is 2.14. The molecule has 5 nitrogen and oxygen atoms in total. The summed E-state index contributed by atoms with van der Waals surface area (Å²) in [6, 6.07) is 8.11. The molecule has 0 saturated carbocycles. The normalized spacial score (nSPS) is 11.6. The van der Waals surface area contributed by atoms with Crippen molar-refractivity contribution < 1.29 is 14.3 Å². The summed E-state index contributed by atoms with van der Waals surface area (Å²) in [4.78, 5) is 0. The lowest BCUT2D eigenvalue weighted by Crippen LogP contribution is -2.11. The van der Waals surface area contributed by atoms with Crippen molar-refractivity contribution in [3.63, 3.8) is 0 Å². The third-order valence-corrected chi connectivity index (χ3v) is 3.12. The van der Waals surface area contributed by atoms with Gasteiger partial charge in [0.25, 0.3) is 0 Å². The molecule has 0 bridgehead atoms. The van der Waals surface area contributed by atoms with E-state index >= 15 is 0 Å². The Hall–Kier alpha value is -1.88. The summed E-state index contributed by atoms with van der Waals surface area (Å²) >= 11 is 0. The van der Waals surface area contributed by atoms with Crippen LogP contribution in [0.2, 0.25) is 0 Å². The van der Waals surface area contributed by atoms with E-state index in [1.807, 2.05) is 12.1 Å². The fourth-order valence-electron chi connectivity index (χ4n) is 1.89. The minimum atomic E-state index is 0.0116. The minimum Gasteiger partial charge on any atom is -0.493 e. The molecule has 0 saturated heterocycles. The Balaban J connectivity index is 1.88. The molecule has 0 radical (unpaired) electrons. The van der Waals surface area contributed by atoms with Gasteiger partial charge in [0.2, 0.25) is 11.8 Å². The molecule has 1 N–H and O–H groups in total. The summed E-state index contributed by atoms with van der Waals surface area (Å²) in [6.07, 6.45) is 0.944. The summed E-state index contributed by atoms with van der Waals surface area (Å²) in [5, 5.41) is 16.6. The van der Waals surface area contributed by atoms with E-state index in [1.165, 1.54) is 5.56 Å². The van der Waals surface area contributed by atoms with Crippen LogP contribution >= 0.6 is 0 Å². The molecule has 1 aromatic carbocycles. The van der Waals surface area contributed by atoms with Crippen molar-refractivity contribution in [3.8, 4) is 5.75 Å². The number of aromatic nitrogens is 2. The summed E-state index contributed by atoms with van der Waals surface area (Å²) in [5.41, 5.74) is 1.34. The van der Waals surface area contributed by atoms with E-state index in [0.29, 0.717) is 31.2 Å². The van der Waals surface area contributed by atoms with Gasteiger partial charge in [-0.1, -0.05) is 32.9 Å². The first-order valence-corrected chi connectivity index (χ1v) is 7.14. The molecule has 0 atom stereocenters. The largest absolute Gasteiger partial charge is 0.493 e. The predicted octanol–water partition coefficient (Wildman–Crippen LogP) is 2.52. The molecule has 21 heavy (non-hydrogen) atoms. The monoisotopic (exact) mass is 290 g/mol. The second-order valence-corrected chi connectivity index (χ2v) is 5.94. The molecule has 5 heteroatoms. The average molecular weight is 290 g/mol. The number of hydrogen-bond donors (Lipinski definition) is 1. The van der Waals surface area contributed by atoms with Crippen molar-refractivity contribution in [2.75, 3.05) is 13.2 Å². The van der Waals surface area contributed by atoms with Gasteiger partial charge in [-0.25, -0.2) is 0 Å². The average Bonchev–Trinajstić information content (AvgIpc) is 2.86. The van der Waals surface area contributed by atoms with Crippen LogP contribution in [-0.2, 0) is 18.3 Å². The number of hydrogen-bond acceptors (Lipinski definition) is 5. The molecule has 1 aromatic heterocycles. The third kappa shape index (κ3) is 4.56. The number of aliphatic hydroxyl groups is 1. The zero-order valence-corrected chi connectivity index (χ0v) is 12.8. The van der Waals surface area contributed by atoms with Crippen LogP contribution in [0, 0.1) is 0 Å². The summed E-state index contributed by atoms with van der Waals surface area (Å²) < 4.78 is 11.1. The summed E-state index contributed by atoms with van der Waals surface area (Å²) in [5.74, 6) is 1.84. The SMILES string of the molecule is CC(C)(C)c1cccc(OCCc2nnc(CCO)o2)c1. The van der Waals surface area contributed by atoms with Gasteiger partial charge in [0, 0.05) is 6.42 Å². The lowest BCUT2D eigenvalue weighted by Gasteiger charge is -2.19. The molecule has 0 unspecified atom stereocenters. The van der Waals surface area contributed by atoms with E-state index in [-0.39, 0.29) is 12.0 Å². The van der Waals surface area contributed by atoms with Gasteiger partial charge < -0.3 is 14.3 Å². The first-order chi connectivity index (χ1) is 9.99. The quantitative estimate of drug-likeness (QED) is 0.885. The molecule has 0 aliphatic carbocycles. The van der Waals surface area contributed by atoms with Gasteiger partial charge in [0.15, 0.2) is 0 Å². The van der Waals surface area contributed by atoms with Gasteiger partial charge in [0.1, 0.15) is 5.75 Å². The van der Waals surface area contributed by atoms with E-state index in [2.05, 4.69) is 43.1 Å². The van der Waals surface area contributed by atoms with Gasteiger partial charge >= 0.3 is 0 Å². The Labute approximate surface area is 125 Å². The maximum absolute atomic E-state index is 8.79. The molecule has 2 aromatic rings. The number of nitrogens with zero attached hydrogens (tertiary/aromatic N) is 2. The first kappa shape index (κ1) is 15.5. The van der Waals surface area contributed by atoms with E-state index in [4.69, 9.17) is 14.3 Å². The standard InChI is InChI=1S/C16H22N2O3/c1-16(2,3)12-5-4-6-13(11-12)20-10-8-15-18-17-14(21-15)7-9-19/h4-6,11,19H,7-10H2,1-3H3. The Morgan fingerprint density at radius 2 is 1.86 bits per heavy atom. The smallest absolute Gasteiger partial charge is 0.219 e. The summed E-state index contributed by atoms with van der Waals surface area (Å²) in [6.45, 7) is 7.01. The molecule has 0 amide bonds. The lowest BCUT2D eigenvalue weighted by atomic mass is 9.87. The van der Waals surface area contributed by atoms with Gasteiger partial charge in [-0.2, -0.15) is 0 Å². The first-order valence-electron chi connectivity index (χ1n) is 7.14. The summed E-state index contributed by atoms with van der Waals surface area (Å²) in [7, 11) is 0. The highest BCUT2D eigenvalue weighted by atomic mass is 16.5. The topological polar surface area (TPSA) is 68.4 Å². The van der Waals surface area contributed by atoms with Gasteiger partial charge in [0.05, 0.1) is 19.6 Å². The Morgan fingerprint density at radius 1 is 1.14 bits per heavy atom. The van der Waals surface area contributed by atoms with Crippen LogP contribution in [0.4, 0.5) is 0 Å². The second-order valence-electron chi connectivity index (χ2n) is 5.94. The van der Waals surface area contributed by atoms with Crippen LogP contribution in [0.3, 0.4) is 0 Å². The zero-order valence-electron chi connectivity index (χ0n) is 12.8. The highest BCUT2D eigenvalue weighted by molar-refractivity contribution is 5.32. The maximum atomic E-state index is 8.79. The van der Waals surface area contributed by atoms with Crippen molar-refractivity contribution in [1.82, 2.24) is 10.2 Å². The van der Waals surface area contributed by atoms with Crippen LogP contribution in [0.25, 0.3) is 0 Å². The van der Waals surface area contributed by atoms with Crippen LogP contribution in [0.1, 0.15) is 38.1 Å². The zero-order chi connectivity index (χ0) is 15.3. The predicted molar refractivity (Wildman–Crippen MR) is 79.4 cm³/mol. The Morgan fingerprint density at radius 3 is 2.52 bits per heavy atom. The number of ether oxygens (including phenoxy) is 1. The van der Waals surface area contributed by atoms with Gasteiger partial charge in [-0.05, 0) is 23.1 Å². The van der Waals surface area contributed by atoms with Crippen LogP contribution < -0.4 is 4.74 Å². The van der Waals surface area contributed by atoms with E-state index in [1.54, 1.807) is 0 Å². The molecule has 2 rings (SSSR count). The van der Waals surface area contributed by atoms with Gasteiger partial charge in [-0.15, -0.1) is 10.2 Å². The fraction of sp³-hybridized carbons (Fsp3) is 0.500. The van der Waals surface area contributed by atoms with Gasteiger partial charge in [-0.3, -0.25) is 0 Å². The highest BCUT2D eigenvalue weighted by Crippen LogP contribution is 2.25.